The Morgan fingerprint density at radius 2 is 2.12 bits per heavy atom. The van der Waals surface area contributed by atoms with E-state index in [1.54, 1.807) is 0 Å². The molecule has 1 aliphatic carbocycles. The second-order valence-electron chi connectivity index (χ2n) is 5.75. The zero-order chi connectivity index (χ0) is 11.9. The smallest absolute Gasteiger partial charge is 0.0826 e. The van der Waals surface area contributed by atoms with Gasteiger partial charge in [-0.15, -0.1) is 0 Å². The van der Waals surface area contributed by atoms with Gasteiger partial charge < -0.3 is 15.0 Å². The number of ether oxygens (including phenoxy) is 1. The van der Waals surface area contributed by atoms with E-state index in [-0.39, 0.29) is 0 Å². The molecule has 0 spiro atoms. The average molecular weight is 240 g/mol. The zero-order valence-electron chi connectivity index (χ0n) is 11.3. The first-order chi connectivity index (χ1) is 8.34. The molecule has 100 valence electrons. The molecule has 1 heterocycles. The van der Waals surface area contributed by atoms with Gasteiger partial charge in [-0.25, -0.2) is 0 Å². The maximum Gasteiger partial charge on any atom is 0.0826 e. The molecule has 2 aliphatic rings. The summed E-state index contributed by atoms with van der Waals surface area (Å²) in [5, 5.41) is 3.55. The Morgan fingerprint density at radius 1 is 1.29 bits per heavy atom. The van der Waals surface area contributed by atoms with Gasteiger partial charge in [0.2, 0.25) is 0 Å². The highest BCUT2D eigenvalue weighted by Crippen LogP contribution is 2.28. The van der Waals surface area contributed by atoms with Crippen LogP contribution in [0, 0.1) is 5.92 Å². The van der Waals surface area contributed by atoms with Crippen molar-refractivity contribution in [2.75, 3.05) is 39.8 Å². The number of nitrogens with zero attached hydrogens (tertiary/aromatic N) is 1. The van der Waals surface area contributed by atoms with Gasteiger partial charge in [0.15, 0.2) is 0 Å². The van der Waals surface area contributed by atoms with Crippen molar-refractivity contribution >= 4 is 0 Å². The number of nitrogens with one attached hydrogen (secondary N) is 1. The van der Waals surface area contributed by atoms with Gasteiger partial charge in [0, 0.05) is 19.6 Å². The van der Waals surface area contributed by atoms with Crippen molar-refractivity contribution in [2.45, 2.75) is 44.6 Å². The summed E-state index contributed by atoms with van der Waals surface area (Å²) >= 11 is 0. The van der Waals surface area contributed by atoms with Crippen LogP contribution in [0.2, 0.25) is 0 Å². The van der Waals surface area contributed by atoms with Crippen LogP contribution >= 0.6 is 0 Å². The number of hydrogen-bond donors (Lipinski definition) is 1. The third-order valence-electron chi connectivity index (χ3n) is 4.15. The molecule has 1 unspecified atom stereocenters. The van der Waals surface area contributed by atoms with Crippen LogP contribution in [-0.2, 0) is 4.74 Å². The fraction of sp³-hybridized carbons (Fsp3) is 1.00. The largest absolute Gasteiger partial charge is 0.374 e. The second kappa shape index (κ2) is 7.34. The molecule has 3 heteroatoms. The van der Waals surface area contributed by atoms with E-state index in [4.69, 9.17) is 4.74 Å². The summed E-state index contributed by atoms with van der Waals surface area (Å²) in [5.41, 5.74) is 0. The lowest BCUT2D eigenvalue weighted by Crippen LogP contribution is -2.44. The minimum Gasteiger partial charge on any atom is -0.374 e. The first-order valence-electron chi connectivity index (χ1n) is 7.35. The van der Waals surface area contributed by atoms with Gasteiger partial charge >= 0.3 is 0 Å². The third-order valence-corrected chi connectivity index (χ3v) is 4.15. The van der Waals surface area contributed by atoms with E-state index in [2.05, 4.69) is 17.3 Å². The second-order valence-corrected chi connectivity index (χ2v) is 5.75. The van der Waals surface area contributed by atoms with Gasteiger partial charge in [0.1, 0.15) is 0 Å². The van der Waals surface area contributed by atoms with E-state index in [1.165, 1.54) is 45.1 Å². The lowest BCUT2D eigenvalue weighted by Gasteiger charge is -2.30. The van der Waals surface area contributed by atoms with Crippen LogP contribution in [0.25, 0.3) is 0 Å². The maximum atomic E-state index is 5.72. The Morgan fingerprint density at radius 3 is 2.88 bits per heavy atom. The van der Waals surface area contributed by atoms with Crippen molar-refractivity contribution in [3.63, 3.8) is 0 Å². The molecular weight excluding hydrogens is 212 g/mol. The standard InChI is InChI=1S/C14H28N2O/c1-16-9-10-17-14(12-16)11-15-8-4-7-13-5-2-3-6-13/h13-15H,2-12H2,1H3. The molecular formula is C14H28N2O. The zero-order valence-corrected chi connectivity index (χ0v) is 11.3. The van der Waals surface area contributed by atoms with Crippen LogP contribution in [0.5, 0.6) is 0 Å². The number of rotatable bonds is 6. The third kappa shape index (κ3) is 4.94. The molecule has 0 aromatic heterocycles. The van der Waals surface area contributed by atoms with Crippen LogP contribution in [0.4, 0.5) is 0 Å². The molecule has 1 atom stereocenters. The van der Waals surface area contributed by atoms with E-state index in [1.807, 2.05) is 0 Å². The van der Waals surface area contributed by atoms with Crippen molar-refractivity contribution < 1.29 is 4.74 Å². The SMILES string of the molecule is CN1CCOC(CNCCCC2CCCC2)C1. The van der Waals surface area contributed by atoms with Crippen LogP contribution in [0.15, 0.2) is 0 Å². The van der Waals surface area contributed by atoms with E-state index < -0.39 is 0 Å². The average Bonchev–Trinajstić information content (AvgIpc) is 2.82. The molecule has 0 aromatic rings. The summed E-state index contributed by atoms with van der Waals surface area (Å²) in [6.45, 7) is 5.24. The normalized spacial score (nSPS) is 27.7. The topological polar surface area (TPSA) is 24.5 Å². The maximum absolute atomic E-state index is 5.72. The van der Waals surface area contributed by atoms with Crippen LogP contribution in [0.1, 0.15) is 38.5 Å². The van der Waals surface area contributed by atoms with Crippen LogP contribution < -0.4 is 5.32 Å². The Labute approximate surface area is 106 Å². The molecule has 0 aromatic carbocycles. The summed E-state index contributed by atoms with van der Waals surface area (Å²) in [5.74, 6) is 1.04. The van der Waals surface area contributed by atoms with Gasteiger partial charge in [-0.05, 0) is 32.4 Å². The molecule has 17 heavy (non-hydrogen) atoms. The van der Waals surface area contributed by atoms with Crippen LogP contribution in [-0.4, -0.2) is 50.8 Å². The lowest BCUT2D eigenvalue weighted by molar-refractivity contribution is -0.0180. The Balaban J connectivity index is 1.45. The summed E-state index contributed by atoms with van der Waals surface area (Å²) in [4.78, 5) is 2.36. The summed E-state index contributed by atoms with van der Waals surface area (Å²) in [6, 6.07) is 0. The number of hydrogen-bond acceptors (Lipinski definition) is 3. The van der Waals surface area contributed by atoms with Crippen molar-refractivity contribution in [2.24, 2.45) is 5.92 Å². The molecule has 1 saturated heterocycles. The molecule has 2 fully saturated rings. The molecule has 0 amide bonds. The van der Waals surface area contributed by atoms with Crippen molar-refractivity contribution in [1.82, 2.24) is 10.2 Å². The van der Waals surface area contributed by atoms with Gasteiger partial charge in [0.05, 0.1) is 12.7 Å². The van der Waals surface area contributed by atoms with Crippen molar-refractivity contribution in [1.29, 1.82) is 0 Å². The van der Waals surface area contributed by atoms with Gasteiger partial charge in [-0.1, -0.05) is 25.7 Å². The Kier molecular flexibility index (Phi) is 5.75. The van der Waals surface area contributed by atoms with Crippen LogP contribution in [0.3, 0.4) is 0 Å². The van der Waals surface area contributed by atoms with E-state index in [9.17, 15) is 0 Å². The highest BCUT2D eigenvalue weighted by atomic mass is 16.5. The minimum atomic E-state index is 0.403. The quantitative estimate of drug-likeness (QED) is 0.717. The molecule has 1 saturated carbocycles. The molecule has 1 aliphatic heterocycles. The fourth-order valence-electron chi connectivity index (χ4n) is 3.07. The van der Waals surface area contributed by atoms with Crippen molar-refractivity contribution in [3.8, 4) is 0 Å². The fourth-order valence-corrected chi connectivity index (χ4v) is 3.07. The van der Waals surface area contributed by atoms with E-state index in [0.29, 0.717) is 6.10 Å². The van der Waals surface area contributed by atoms with Gasteiger partial charge in [0.25, 0.3) is 0 Å². The van der Waals surface area contributed by atoms with Crippen molar-refractivity contribution in [3.05, 3.63) is 0 Å². The molecule has 0 bridgehead atoms. The highest BCUT2D eigenvalue weighted by molar-refractivity contribution is 4.72. The molecule has 2 rings (SSSR count). The Bertz CT molecular complexity index is 204. The first-order valence-corrected chi connectivity index (χ1v) is 7.35. The van der Waals surface area contributed by atoms with E-state index >= 15 is 0 Å². The molecule has 3 nitrogen and oxygen atoms in total. The monoisotopic (exact) mass is 240 g/mol. The van der Waals surface area contributed by atoms with Gasteiger partial charge in [-0.3, -0.25) is 0 Å². The minimum absolute atomic E-state index is 0.403. The summed E-state index contributed by atoms with van der Waals surface area (Å²) < 4.78 is 5.72. The molecule has 0 radical (unpaired) electrons. The first kappa shape index (κ1) is 13.3. The van der Waals surface area contributed by atoms with E-state index in [0.717, 1.165) is 32.2 Å². The summed E-state index contributed by atoms with van der Waals surface area (Å²) in [6.07, 6.45) is 9.08. The van der Waals surface area contributed by atoms with Gasteiger partial charge in [-0.2, -0.15) is 0 Å². The Hall–Kier alpha value is -0.120. The number of morpholine rings is 1. The predicted octanol–water partition coefficient (Wildman–Crippen LogP) is 1.88. The number of likely N-dealkylation sites (N-methyl/N-ethyl adjacent to an activating group) is 1. The predicted molar refractivity (Wildman–Crippen MR) is 71.3 cm³/mol. The summed E-state index contributed by atoms with van der Waals surface area (Å²) in [7, 11) is 2.18. The lowest BCUT2D eigenvalue weighted by atomic mass is 10.0. The molecule has 1 N–H and O–H groups in total. The highest BCUT2D eigenvalue weighted by Gasteiger charge is 2.17.